The van der Waals surface area contributed by atoms with Gasteiger partial charge in [0.25, 0.3) is 5.89 Å². The van der Waals surface area contributed by atoms with E-state index in [0.29, 0.717) is 11.5 Å². The molecule has 172 valence electrons. The Bertz CT molecular complexity index is 1350. The molecule has 9 heteroatoms. The largest absolute Gasteiger partial charge is 0.506 e. The molecule has 0 bridgehead atoms. The first-order valence-corrected chi connectivity index (χ1v) is 11.7. The molecule has 1 unspecified atom stereocenters. The summed E-state index contributed by atoms with van der Waals surface area (Å²) in [6, 6.07) is 12.8. The number of carbonyl (C=O) groups is 2. The first kappa shape index (κ1) is 22.2. The van der Waals surface area contributed by atoms with Gasteiger partial charge in [-0.05, 0) is 34.6 Å². The van der Waals surface area contributed by atoms with Gasteiger partial charge in [-0.2, -0.15) is 14.4 Å². The van der Waals surface area contributed by atoms with Crippen molar-refractivity contribution in [2.24, 2.45) is 0 Å². The van der Waals surface area contributed by atoms with Crippen LogP contribution in [0.4, 0.5) is 14.9 Å². The molecule has 3 aromatic rings. The maximum Gasteiger partial charge on any atom is 0.506 e. The molecule has 0 radical (unpaired) electrons. The van der Waals surface area contributed by atoms with E-state index >= 15 is 0 Å². The lowest BCUT2D eigenvalue weighted by molar-refractivity contribution is -0.448. The standard InChI is InChI=1S/C25H22FN4O3S/c1-25(2,3)16-9-7-15(8-10-16)22-27-20(33-28-22)14-29-19-11-12-34-21(19)23(31)30(24(29)32)18-6-4-5-17(26)13-18/h4-13,21H,14H2,1-3H3/q+1. The Balaban J connectivity index is 1.45. The molecular formula is C25H22FN4O3S+. The number of allylic oxidation sites excluding steroid dienone is 1. The smallest absolute Gasteiger partial charge is 0.335 e. The normalized spacial score (nSPS) is 18.1. The highest BCUT2D eigenvalue weighted by Crippen LogP contribution is 2.31. The molecule has 7 nitrogen and oxygen atoms in total. The van der Waals surface area contributed by atoms with Crippen molar-refractivity contribution in [3.05, 3.63) is 77.3 Å². The van der Waals surface area contributed by atoms with Crippen LogP contribution >= 0.6 is 11.8 Å². The van der Waals surface area contributed by atoms with Crippen LogP contribution in [0.3, 0.4) is 0 Å². The van der Waals surface area contributed by atoms with E-state index < -0.39 is 23.0 Å². The van der Waals surface area contributed by atoms with Gasteiger partial charge >= 0.3 is 11.9 Å². The number of rotatable bonds is 4. The summed E-state index contributed by atoms with van der Waals surface area (Å²) in [5, 5.41) is 5.24. The molecule has 2 aliphatic heterocycles. The van der Waals surface area contributed by atoms with E-state index in [1.807, 2.05) is 24.3 Å². The van der Waals surface area contributed by atoms with Crippen LogP contribution in [-0.4, -0.2) is 37.6 Å². The fourth-order valence-corrected chi connectivity index (χ4v) is 4.85. The van der Waals surface area contributed by atoms with Gasteiger partial charge in [0.2, 0.25) is 5.82 Å². The number of imide groups is 1. The van der Waals surface area contributed by atoms with E-state index in [2.05, 4.69) is 30.9 Å². The number of hydrogen-bond donors (Lipinski definition) is 0. The van der Waals surface area contributed by atoms with Gasteiger partial charge in [-0.15, -0.1) is 16.7 Å². The summed E-state index contributed by atoms with van der Waals surface area (Å²) in [6.07, 6.45) is 1.73. The van der Waals surface area contributed by atoms with Crippen molar-refractivity contribution < 1.29 is 23.1 Å². The number of benzene rings is 2. The van der Waals surface area contributed by atoms with Crippen LogP contribution in [0.5, 0.6) is 0 Å². The molecule has 34 heavy (non-hydrogen) atoms. The quantitative estimate of drug-likeness (QED) is 0.496. The number of amides is 3. The zero-order chi connectivity index (χ0) is 24.0. The second-order valence-corrected chi connectivity index (χ2v) is 10.1. The first-order valence-electron chi connectivity index (χ1n) is 10.8. The van der Waals surface area contributed by atoms with Gasteiger partial charge in [-0.3, -0.25) is 0 Å². The summed E-state index contributed by atoms with van der Waals surface area (Å²) in [6.45, 7) is 6.41. The Hall–Kier alpha value is -3.59. The molecule has 2 aromatic carbocycles. The minimum atomic E-state index is -0.603. The number of aromatic nitrogens is 2. The molecule has 0 saturated heterocycles. The van der Waals surface area contributed by atoms with Crippen molar-refractivity contribution in [3.8, 4) is 11.4 Å². The predicted molar refractivity (Wildman–Crippen MR) is 127 cm³/mol. The van der Waals surface area contributed by atoms with Gasteiger partial charge in [0, 0.05) is 11.6 Å². The Labute approximate surface area is 200 Å². The molecule has 0 N–H and O–H groups in total. The molecular weight excluding hydrogens is 455 g/mol. The maximum atomic E-state index is 13.8. The van der Waals surface area contributed by atoms with Gasteiger partial charge in [-0.1, -0.05) is 56.3 Å². The highest BCUT2D eigenvalue weighted by atomic mass is 32.2. The number of hydrogen-bond acceptors (Lipinski definition) is 6. The highest BCUT2D eigenvalue weighted by Gasteiger charge is 2.50. The molecule has 5 rings (SSSR count). The van der Waals surface area contributed by atoms with Crippen molar-refractivity contribution in [2.45, 2.75) is 38.0 Å². The van der Waals surface area contributed by atoms with Crippen molar-refractivity contribution in [1.82, 2.24) is 10.1 Å². The van der Waals surface area contributed by atoms with Crippen LogP contribution in [0.2, 0.25) is 0 Å². The molecule has 0 saturated carbocycles. The second-order valence-electron chi connectivity index (χ2n) is 9.11. The number of halogens is 1. The molecule has 3 heterocycles. The number of carbonyl (C=O) groups excluding carboxylic acids is 2. The average molecular weight is 478 g/mol. The van der Waals surface area contributed by atoms with E-state index in [1.165, 1.54) is 40.1 Å². The van der Waals surface area contributed by atoms with Crippen molar-refractivity contribution in [2.75, 3.05) is 4.90 Å². The third-order valence-corrected chi connectivity index (χ3v) is 6.75. The lowest BCUT2D eigenvalue weighted by Gasteiger charge is -2.23. The second kappa shape index (κ2) is 8.32. The van der Waals surface area contributed by atoms with Crippen LogP contribution in [0.1, 0.15) is 32.2 Å². The first-order chi connectivity index (χ1) is 16.2. The molecule has 1 atom stereocenters. The summed E-state index contributed by atoms with van der Waals surface area (Å²) in [7, 11) is 0. The summed E-state index contributed by atoms with van der Waals surface area (Å²) in [5.74, 6) is -0.304. The third-order valence-electron chi connectivity index (χ3n) is 5.74. The molecule has 0 aliphatic carbocycles. The Morgan fingerprint density at radius 3 is 2.62 bits per heavy atom. The van der Waals surface area contributed by atoms with E-state index in [-0.39, 0.29) is 23.5 Å². The molecule has 0 spiro atoms. The van der Waals surface area contributed by atoms with Crippen LogP contribution in [0, 0.1) is 5.82 Å². The van der Waals surface area contributed by atoms with Crippen LogP contribution in [-0.2, 0) is 16.8 Å². The monoisotopic (exact) mass is 477 g/mol. The van der Waals surface area contributed by atoms with Gasteiger partial charge in [0.1, 0.15) is 17.2 Å². The van der Waals surface area contributed by atoms with Crippen molar-refractivity contribution >= 4 is 35.1 Å². The fourth-order valence-electron chi connectivity index (χ4n) is 3.91. The summed E-state index contributed by atoms with van der Waals surface area (Å²) < 4.78 is 20.7. The third kappa shape index (κ3) is 3.96. The predicted octanol–water partition coefficient (Wildman–Crippen LogP) is 4.92. The molecule has 0 fully saturated rings. The van der Waals surface area contributed by atoms with Crippen molar-refractivity contribution in [3.63, 3.8) is 0 Å². The Morgan fingerprint density at radius 1 is 1.15 bits per heavy atom. The minimum Gasteiger partial charge on any atom is -0.335 e. The summed E-state index contributed by atoms with van der Waals surface area (Å²) in [5.41, 5.74) is 2.74. The molecule has 1 aromatic heterocycles. The SMILES string of the molecule is CC(C)(C)c1ccc(-c2noc(C[N+]3=C4C=CSC4C(=O)N(c4cccc(F)c4)C3=O)n2)cc1. The number of anilines is 1. The topological polar surface area (TPSA) is 79.3 Å². The lowest BCUT2D eigenvalue weighted by Crippen LogP contribution is -2.55. The Kier molecular flexibility index (Phi) is 5.44. The summed E-state index contributed by atoms with van der Waals surface area (Å²) >= 11 is 1.30. The van der Waals surface area contributed by atoms with Gasteiger partial charge in [0.15, 0.2) is 11.8 Å². The van der Waals surface area contributed by atoms with E-state index in [0.717, 1.165) is 16.5 Å². The van der Waals surface area contributed by atoms with Gasteiger partial charge in [0.05, 0.1) is 0 Å². The number of fused-ring (bicyclic) bond motifs is 1. The van der Waals surface area contributed by atoms with Crippen molar-refractivity contribution in [1.29, 1.82) is 0 Å². The van der Waals surface area contributed by atoms with E-state index in [1.54, 1.807) is 11.5 Å². The van der Waals surface area contributed by atoms with Crippen LogP contribution in [0.15, 0.2) is 64.5 Å². The summed E-state index contributed by atoms with van der Waals surface area (Å²) in [4.78, 5) is 31.9. The number of urea groups is 1. The highest BCUT2D eigenvalue weighted by molar-refractivity contribution is 8.04. The lowest BCUT2D eigenvalue weighted by atomic mass is 9.87. The van der Waals surface area contributed by atoms with Crippen LogP contribution < -0.4 is 4.90 Å². The minimum absolute atomic E-state index is 0.0122. The van der Waals surface area contributed by atoms with Gasteiger partial charge in [-0.25, -0.2) is 9.18 Å². The molecule has 3 amide bonds. The zero-order valence-corrected chi connectivity index (χ0v) is 19.7. The van der Waals surface area contributed by atoms with E-state index in [4.69, 9.17) is 4.52 Å². The maximum absolute atomic E-state index is 13.8. The van der Waals surface area contributed by atoms with Crippen LogP contribution in [0.25, 0.3) is 11.4 Å². The number of thioether (sulfide) groups is 1. The molecule has 2 aliphatic rings. The van der Waals surface area contributed by atoms with Gasteiger partial charge < -0.3 is 4.52 Å². The zero-order valence-electron chi connectivity index (χ0n) is 18.9. The fraction of sp³-hybridized carbons (Fsp3) is 0.240. The van der Waals surface area contributed by atoms with E-state index in [9.17, 15) is 14.0 Å². The Morgan fingerprint density at radius 2 is 1.91 bits per heavy atom. The number of nitrogens with zero attached hydrogens (tertiary/aromatic N) is 4. The average Bonchev–Trinajstić information content (AvgIpc) is 3.46.